The molecule has 532 valence electrons. The highest BCUT2D eigenvalue weighted by molar-refractivity contribution is 5.80. The van der Waals surface area contributed by atoms with Crippen LogP contribution in [0.25, 0.3) is 0 Å². The summed E-state index contributed by atoms with van der Waals surface area (Å²) in [7, 11) is 0. The van der Waals surface area contributed by atoms with Crippen molar-refractivity contribution in [3.05, 3.63) is 124 Å². The number of fused-ring (bicyclic) bond motifs is 5. The average molecular weight is 1410 g/mol. The summed E-state index contributed by atoms with van der Waals surface area (Å²) in [6, 6.07) is 17.5. The second-order valence-electron chi connectivity index (χ2n) is 23.1. The maximum Gasteiger partial charge on any atom is 0.308 e. The normalized spacial score (nSPS) is 19.2. The lowest BCUT2D eigenvalue weighted by Gasteiger charge is -2.47. The van der Waals surface area contributed by atoms with Crippen LogP contribution < -0.4 is 66.3 Å². The Morgan fingerprint density at radius 1 is 0.275 bits per heavy atom. The molecule has 31 heteroatoms. The quantitative estimate of drug-likeness (QED) is 0.0439. The molecule has 4 aliphatic heterocycles. The number of hydrogen-bond acceptors (Lipinski definition) is 31. The highest BCUT2D eigenvalue weighted by atomic mass is 16.6. The molecular formula is C71H62O31. The van der Waals surface area contributed by atoms with E-state index in [4.69, 9.17) is 85.3 Å². The van der Waals surface area contributed by atoms with Crippen molar-refractivity contribution in [1.29, 1.82) is 0 Å². The van der Waals surface area contributed by atoms with Gasteiger partial charge in [0.05, 0.1) is 17.0 Å². The number of carbonyl (C=O) groups excluding carboxylic acids is 13. The van der Waals surface area contributed by atoms with Gasteiger partial charge in [0.1, 0.15) is 64.0 Å². The standard InChI is InChI=1S/C71H62O31/c1-28(72)85-44-23-52-58-53(24-44)99-63(41-14-17-46(87-30(3)74)49(20-41)90-33(6)77)69(95-38(11)82)62(58)60-56(98-52)27-57(94-37(10)81)61-66(60)101-65(43-16-19-48(89-32(5)76)51(22-43)92-35(8)79)71(97-40(13)84)68(61)102-67-59-54(93-36(9)80)25-45(86-29(2)73)26-55(59)100-64(70(67)96-39(12)83)42-15-18-47(88-31(4)75)50(21-42)91-34(7)78/h14-27,62-65,67-71H,1-13H3. The minimum absolute atomic E-state index is 0.0306. The monoisotopic (exact) mass is 1410 g/mol. The predicted octanol–water partition coefficient (Wildman–Crippen LogP) is 9.17. The van der Waals surface area contributed by atoms with Crippen molar-refractivity contribution in [3.63, 3.8) is 0 Å². The van der Waals surface area contributed by atoms with Crippen molar-refractivity contribution in [1.82, 2.24) is 0 Å². The van der Waals surface area contributed by atoms with E-state index in [0.29, 0.717) is 0 Å². The van der Waals surface area contributed by atoms with Gasteiger partial charge in [-0.1, -0.05) is 18.2 Å². The largest absolute Gasteiger partial charge is 0.481 e. The second-order valence-corrected chi connectivity index (χ2v) is 23.1. The lowest BCUT2D eigenvalue weighted by Crippen LogP contribution is -2.45. The number of rotatable bonds is 18. The Bertz CT molecular complexity index is 4540. The first-order chi connectivity index (χ1) is 48.2. The Kier molecular flexibility index (Phi) is 21.0. The van der Waals surface area contributed by atoms with Crippen LogP contribution in [0.15, 0.2) is 84.9 Å². The van der Waals surface area contributed by atoms with Gasteiger partial charge in [-0.3, -0.25) is 62.3 Å². The Hall–Kier alpha value is -12.4. The molecule has 10 rings (SSSR count). The Morgan fingerprint density at radius 2 is 0.588 bits per heavy atom. The van der Waals surface area contributed by atoms with E-state index < -0.39 is 155 Å². The van der Waals surface area contributed by atoms with E-state index in [9.17, 15) is 62.3 Å². The summed E-state index contributed by atoms with van der Waals surface area (Å²) < 4.78 is 110. The van der Waals surface area contributed by atoms with Gasteiger partial charge in [-0.2, -0.15) is 0 Å². The van der Waals surface area contributed by atoms with Crippen LogP contribution in [0.2, 0.25) is 0 Å². The summed E-state index contributed by atoms with van der Waals surface area (Å²) in [5.74, 6) is -18.0. The molecule has 31 nitrogen and oxygen atoms in total. The molecule has 0 fully saturated rings. The van der Waals surface area contributed by atoms with Crippen LogP contribution in [-0.4, -0.2) is 95.9 Å². The van der Waals surface area contributed by atoms with Gasteiger partial charge in [0.15, 0.2) is 71.1 Å². The molecule has 6 aromatic carbocycles. The molecule has 4 aliphatic rings. The number of ether oxygens (including phenoxy) is 18. The van der Waals surface area contributed by atoms with E-state index in [0.717, 1.165) is 96.1 Å². The molecule has 0 aromatic heterocycles. The fourth-order valence-corrected chi connectivity index (χ4v) is 12.1. The average Bonchev–Trinajstić information content (AvgIpc) is 0.703. The van der Waals surface area contributed by atoms with Gasteiger partial charge in [-0.25, -0.2) is 0 Å². The lowest BCUT2D eigenvalue weighted by atomic mass is 9.75. The summed E-state index contributed by atoms with van der Waals surface area (Å²) in [4.78, 5) is 171. The van der Waals surface area contributed by atoms with Crippen molar-refractivity contribution < 1.29 is 148 Å². The first-order valence-corrected chi connectivity index (χ1v) is 30.9. The highest BCUT2D eigenvalue weighted by Crippen LogP contribution is 2.65. The molecule has 0 N–H and O–H groups in total. The van der Waals surface area contributed by atoms with Gasteiger partial charge < -0.3 is 85.3 Å². The molecule has 0 saturated carbocycles. The van der Waals surface area contributed by atoms with Crippen LogP contribution in [0.4, 0.5) is 0 Å². The summed E-state index contributed by atoms with van der Waals surface area (Å²) in [5, 5.41) is 0. The smallest absolute Gasteiger partial charge is 0.308 e. The van der Waals surface area contributed by atoms with Crippen LogP contribution in [0, 0.1) is 0 Å². The van der Waals surface area contributed by atoms with Crippen molar-refractivity contribution in [2.24, 2.45) is 0 Å². The SMILES string of the molecule is CC(=O)Oc1cc(OC(C)=O)c2c(c1)OC(c1ccc(OC(C)=O)c(OC(C)=O)c1)C(OC(C)=O)C2OC1c2c(OC(C)=O)cc3c(c2OC(c2ccc(OC(C)=O)c(OC(C)=O)c2)C1OC(C)=O)C1c2c(cc(OC(C)=O)cc2OC(c2ccc(OC(C)=O)c(OC(C)=O)c2)C1OC(C)=O)O3. The zero-order valence-corrected chi connectivity index (χ0v) is 56.4. The molecule has 0 aliphatic carbocycles. The maximum absolute atomic E-state index is 14.2. The number of hydrogen-bond donors (Lipinski definition) is 0. The molecule has 6 aromatic rings. The van der Waals surface area contributed by atoms with Gasteiger partial charge >= 0.3 is 77.6 Å². The topological polar surface area (TPSA) is 388 Å². The first kappa shape index (κ1) is 72.3. The zero-order chi connectivity index (χ0) is 74.0. The first-order valence-electron chi connectivity index (χ1n) is 30.9. The van der Waals surface area contributed by atoms with Crippen LogP contribution in [0.1, 0.15) is 165 Å². The third-order valence-corrected chi connectivity index (χ3v) is 15.1. The molecule has 0 bridgehead atoms. The highest BCUT2D eigenvalue weighted by Gasteiger charge is 2.56. The van der Waals surface area contributed by atoms with Crippen LogP contribution in [0.3, 0.4) is 0 Å². The van der Waals surface area contributed by atoms with Crippen molar-refractivity contribution in [2.45, 2.75) is 145 Å². The van der Waals surface area contributed by atoms with Gasteiger partial charge in [0.25, 0.3) is 0 Å². The van der Waals surface area contributed by atoms with Crippen LogP contribution in [0.5, 0.6) is 86.2 Å². The zero-order valence-electron chi connectivity index (χ0n) is 56.4. The van der Waals surface area contributed by atoms with E-state index in [1.807, 2.05) is 0 Å². The molecule has 0 radical (unpaired) electrons. The fourth-order valence-electron chi connectivity index (χ4n) is 12.1. The summed E-state index contributed by atoms with van der Waals surface area (Å²) in [6.07, 6.45) is -14.7. The molecule has 9 atom stereocenters. The third-order valence-electron chi connectivity index (χ3n) is 15.1. The number of carbonyl (C=O) groups is 13. The van der Waals surface area contributed by atoms with Crippen LogP contribution >= 0.6 is 0 Å². The van der Waals surface area contributed by atoms with E-state index in [1.165, 1.54) is 78.9 Å². The van der Waals surface area contributed by atoms with E-state index in [1.54, 1.807) is 0 Å². The molecule has 0 spiro atoms. The van der Waals surface area contributed by atoms with Gasteiger partial charge in [-0.15, -0.1) is 0 Å². The van der Waals surface area contributed by atoms with Gasteiger partial charge in [0, 0.05) is 148 Å². The molecular weight excluding hydrogens is 1350 g/mol. The van der Waals surface area contributed by atoms with E-state index in [-0.39, 0.29) is 102 Å². The van der Waals surface area contributed by atoms with Crippen LogP contribution in [-0.2, 0) is 81.3 Å². The van der Waals surface area contributed by atoms with Gasteiger partial charge in [0.2, 0.25) is 0 Å². The molecule has 4 heterocycles. The van der Waals surface area contributed by atoms with E-state index in [2.05, 4.69) is 0 Å². The Labute approximate surface area is 578 Å². The number of esters is 13. The lowest BCUT2D eigenvalue weighted by molar-refractivity contribution is -0.204. The minimum atomic E-state index is -2.08. The Balaban J connectivity index is 1.34. The van der Waals surface area contributed by atoms with Crippen molar-refractivity contribution in [3.8, 4) is 86.2 Å². The molecule has 102 heavy (non-hydrogen) atoms. The second kappa shape index (κ2) is 29.6. The van der Waals surface area contributed by atoms with E-state index >= 15 is 0 Å². The number of benzene rings is 6. The predicted molar refractivity (Wildman–Crippen MR) is 337 cm³/mol. The molecule has 0 amide bonds. The van der Waals surface area contributed by atoms with Crippen molar-refractivity contribution >= 4 is 77.6 Å². The summed E-state index contributed by atoms with van der Waals surface area (Å²) in [6.45, 7) is 13.7. The Morgan fingerprint density at radius 3 is 0.990 bits per heavy atom. The minimum Gasteiger partial charge on any atom is -0.481 e. The van der Waals surface area contributed by atoms with Gasteiger partial charge in [-0.05, 0) is 36.4 Å². The summed E-state index contributed by atoms with van der Waals surface area (Å²) >= 11 is 0. The third kappa shape index (κ3) is 16.0. The molecule has 9 unspecified atom stereocenters. The fraction of sp³-hybridized carbons (Fsp3) is 0.310. The summed E-state index contributed by atoms with van der Waals surface area (Å²) in [5.41, 5.74) is -0.791. The molecule has 0 saturated heterocycles. The van der Waals surface area contributed by atoms with Crippen molar-refractivity contribution in [2.75, 3.05) is 0 Å². The maximum atomic E-state index is 14.2.